The minimum absolute atomic E-state index is 0.0708. The van der Waals surface area contributed by atoms with Gasteiger partial charge in [0, 0.05) is 28.4 Å². The van der Waals surface area contributed by atoms with Crippen LogP contribution in [0.25, 0.3) is 5.70 Å². The SMILES string of the molecule is Cc1ccccc1C(=O)C=C1NC(C)(C)Cc2ccc(F)cc21. The molecule has 0 spiro atoms. The van der Waals surface area contributed by atoms with Crippen molar-refractivity contribution in [3.63, 3.8) is 0 Å². The Morgan fingerprint density at radius 2 is 1.96 bits per heavy atom. The average Bonchev–Trinajstić information content (AvgIpc) is 2.47. The fourth-order valence-electron chi connectivity index (χ4n) is 3.08. The minimum atomic E-state index is -0.292. The van der Waals surface area contributed by atoms with E-state index in [0.29, 0.717) is 11.3 Å². The summed E-state index contributed by atoms with van der Waals surface area (Å²) in [5.74, 6) is -0.363. The molecule has 118 valence electrons. The summed E-state index contributed by atoms with van der Waals surface area (Å²) in [6.45, 7) is 6.06. The zero-order valence-electron chi connectivity index (χ0n) is 13.6. The molecule has 2 nitrogen and oxygen atoms in total. The zero-order chi connectivity index (χ0) is 16.6. The fourth-order valence-corrected chi connectivity index (χ4v) is 3.08. The molecule has 2 aromatic rings. The highest BCUT2D eigenvalue weighted by atomic mass is 19.1. The van der Waals surface area contributed by atoms with Crippen LogP contribution in [0.5, 0.6) is 0 Å². The number of allylic oxidation sites excluding steroid dienone is 1. The number of ketones is 1. The van der Waals surface area contributed by atoms with E-state index < -0.39 is 0 Å². The van der Waals surface area contributed by atoms with Crippen LogP contribution in [0.15, 0.2) is 48.5 Å². The van der Waals surface area contributed by atoms with Crippen molar-refractivity contribution in [2.45, 2.75) is 32.7 Å². The molecule has 1 aliphatic heterocycles. The predicted octanol–water partition coefficient (Wildman–Crippen LogP) is 4.28. The van der Waals surface area contributed by atoms with Gasteiger partial charge < -0.3 is 5.32 Å². The van der Waals surface area contributed by atoms with Gasteiger partial charge in [0.1, 0.15) is 5.82 Å². The van der Waals surface area contributed by atoms with Gasteiger partial charge in [-0.05, 0) is 50.5 Å². The van der Waals surface area contributed by atoms with Crippen LogP contribution < -0.4 is 5.32 Å². The van der Waals surface area contributed by atoms with Gasteiger partial charge in [-0.25, -0.2) is 4.39 Å². The van der Waals surface area contributed by atoms with E-state index >= 15 is 0 Å². The van der Waals surface area contributed by atoms with Gasteiger partial charge in [0.05, 0.1) is 0 Å². The first-order chi connectivity index (χ1) is 10.9. The third-order valence-corrected chi connectivity index (χ3v) is 4.15. The quantitative estimate of drug-likeness (QED) is 0.662. The standard InChI is InChI=1S/C20H20FNO/c1-13-6-4-5-7-16(13)19(23)11-18-17-10-15(21)9-8-14(17)12-20(2,3)22-18/h4-11,22H,12H2,1-3H3. The Hall–Kier alpha value is -2.42. The van der Waals surface area contributed by atoms with Crippen LogP contribution >= 0.6 is 0 Å². The molecule has 2 aromatic carbocycles. The number of rotatable bonds is 2. The van der Waals surface area contributed by atoms with E-state index in [1.54, 1.807) is 12.1 Å². The number of hydrogen-bond acceptors (Lipinski definition) is 2. The van der Waals surface area contributed by atoms with Crippen LogP contribution in [-0.4, -0.2) is 11.3 Å². The van der Waals surface area contributed by atoms with E-state index in [-0.39, 0.29) is 17.1 Å². The number of benzene rings is 2. The zero-order valence-corrected chi connectivity index (χ0v) is 13.6. The van der Waals surface area contributed by atoms with Gasteiger partial charge in [-0.15, -0.1) is 0 Å². The third-order valence-electron chi connectivity index (χ3n) is 4.15. The van der Waals surface area contributed by atoms with Crippen molar-refractivity contribution in [1.29, 1.82) is 0 Å². The molecule has 3 rings (SSSR count). The summed E-state index contributed by atoms with van der Waals surface area (Å²) in [5.41, 5.74) is 3.93. The Balaban J connectivity index is 2.07. The van der Waals surface area contributed by atoms with Crippen molar-refractivity contribution in [2.75, 3.05) is 0 Å². The molecule has 0 amide bonds. The first kappa shape index (κ1) is 15.5. The van der Waals surface area contributed by atoms with Crippen molar-refractivity contribution in [3.8, 4) is 0 Å². The maximum Gasteiger partial charge on any atom is 0.188 e. The number of nitrogens with one attached hydrogen (secondary N) is 1. The van der Waals surface area contributed by atoms with E-state index in [9.17, 15) is 9.18 Å². The lowest BCUT2D eigenvalue weighted by atomic mass is 9.85. The van der Waals surface area contributed by atoms with Crippen LogP contribution in [0, 0.1) is 12.7 Å². The number of halogens is 1. The Kier molecular flexibility index (Phi) is 3.80. The normalized spacial score (nSPS) is 17.5. The van der Waals surface area contributed by atoms with E-state index in [1.807, 2.05) is 31.2 Å². The predicted molar refractivity (Wildman–Crippen MR) is 90.8 cm³/mol. The first-order valence-electron chi connectivity index (χ1n) is 7.74. The second kappa shape index (κ2) is 5.65. The lowest BCUT2D eigenvalue weighted by Gasteiger charge is -2.35. The maximum absolute atomic E-state index is 13.6. The highest BCUT2D eigenvalue weighted by molar-refractivity contribution is 6.09. The van der Waals surface area contributed by atoms with Gasteiger partial charge in [-0.3, -0.25) is 4.79 Å². The largest absolute Gasteiger partial charge is 0.379 e. The smallest absolute Gasteiger partial charge is 0.188 e. The van der Waals surface area contributed by atoms with Crippen molar-refractivity contribution >= 4 is 11.5 Å². The Bertz CT molecular complexity index is 805. The van der Waals surface area contributed by atoms with E-state index in [4.69, 9.17) is 0 Å². The molecule has 0 fully saturated rings. The van der Waals surface area contributed by atoms with Crippen LogP contribution in [0.2, 0.25) is 0 Å². The molecule has 0 unspecified atom stereocenters. The lowest BCUT2D eigenvalue weighted by molar-refractivity contribution is 0.104. The van der Waals surface area contributed by atoms with Gasteiger partial charge in [-0.1, -0.05) is 30.3 Å². The second-order valence-corrected chi connectivity index (χ2v) is 6.72. The van der Waals surface area contributed by atoms with Gasteiger partial charge in [0.2, 0.25) is 0 Å². The number of aryl methyl sites for hydroxylation is 1. The molecule has 0 aliphatic carbocycles. The summed E-state index contributed by atoms with van der Waals surface area (Å²) < 4.78 is 13.6. The molecule has 3 heteroatoms. The van der Waals surface area contributed by atoms with Crippen molar-refractivity contribution in [2.24, 2.45) is 0 Å². The van der Waals surface area contributed by atoms with Gasteiger partial charge >= 0.3 is 0 Å². The molecular formula is C20H20FNO. The Morgan fingerprint density at radius 3 is 2.70 bits per heavy atom. The monoisotopic (exact) mass is 309 g/mol. The second-order valence-electron chi connectivity index (χ2n) is 6.72. The average molecular weight is 309 g/mol. The Labute approximate surface area is 136 Å². The van der Waals surface area contributed by atoms with E-state index in [1.165, 1.54) is 12.1 Å². The van der Waals surface area contributed by atoms with Crippen molar-refractivity contribution in [1.82, 2.24) is 5.32 Å². The minimum Gasteiger partial charge on any atom is -0.379 e. The van der Waals surface area contributed by atoms with Gasteiger partial charge in [0.15, 0.2) is 5.78 Å². The number of hydrogen-bond donors (Lipinski definition) is 1. The summed E-state index contributed by atoms with van der Waals surface area (Å²) >= 11 is 0. The molecule has 0 saturated heterocycles. The summed E-state index contributed by atoms with van der Waals surface area (Å²) in [6, 6.07) is 12.3. The molecule has 1 N–H and O–H groups in total. The summed E-state index contributed by atoms with van der Waals surface area (Å²) in [4.78, 5) is 12.6. The molecule has 0 atom stereocenters. The molecule has 0 aromatic heterocycles. The lowest BCUT2D eigenvalue weighted by Crippen LogP contribution is -2.43. The molecule has 0 bridgehead atoms. The molecular weight excluding hydrogens is 289 g/mol. The summed E-state index contributed by atoms with van der Waals surface area (Å²) in [6.07, 6.45) is 2.38. The van der Waals surface area contributed by atoms with Crippen molar-refractivity contribution in [3.05, 3.63) is 76.6 Å². The topological polar surface area (TPSA) is 29.1 Å². The molecule has 23 heavy (non-hydrogen) atoms. The van der Waals surface area contributed by atoms with E-state index in [2.05, 4.69) is 19.2 Å². The van der Waals surface area contributed by atoms with Crippen LogP contribution in [0.4, 0.5) is 4.39 Å². The van der Waals surface area contributed by atoms with Crippen LogP contribution in [0.1, 0.15) is 40.9 Å². The fraction of sp³-hybridized carbons (Fsp3) is 0.250. The summed E-state index contributed by atoms with van der Waals surface area (Å²) in [7, 11) is 0. The van der Waals surface area contributed by atoms with Crippen LogP contribution in [0.3, 0.4) is 0 Å². The first-order valence-corrected chi connectivity index (χ1v) is 7.74. The highest BCUT2D eigenvalue weighted by Crippen LogP contribution is 2.30. The number of carbonyl (C=O) groups is 1. The number of carbonyl (C=O) groups excluding carboxylic acids is 1. The van der Waals surface area contributed by atoms with E-state index in [0.717, 1.165) is 23.1 Å². The molecule has 1 heterocycles. The van der Waals surface area contributed by atoms with Crippen molar-refractivity contribution < 1.29 is 9.18 Å². The summed E-state index contributed by atoms with van der Waals surface area (Å²) in [5, 5.41) is 3.37. The van der Waals surface area contributed by atoms with Gasteiger partial charge in [-0.2, -0.15) is 0 Å². The third kappa shape index (κ3) is 3.19. The highest BCUT2D eigenvalue weighted by Gasteiger charge is 2.28. The maximum atomic E-state index is 13.6. The molecule has 0 saturated carbocycles. The molecule has 1 aliphatic rings. The number of fused-ring (bicyclic) bond motifs is 1. The molecule has 0 radical (unpaired) electrons. The van der Waals surface area contributed by atoms with Crippen LogP contribution in [-0.2, 0) is 6.42 Å². The Morgan fingerprint density at radius 1 is 1.22 bits per heavy atom. The van der Waals surface area contributed by atoms with Gasteiger partial charge in [0.25, 0.3) is 0 Å².